The molecule has 0 aliphatic heterocycles. The second kappa shape index (κ2) is 5.41. The van der Waals surface area contributed by atoms with Gasteiger partial charge in [0.15, 0.2) is 0 Å². The minimum absolute atomic E-state index is 0.509. The maximum absolute atomic E-state index is 5.01. The van der Waals surface area contributed by atoms with Crippen molar-refractivity contribution in [2.75, 3.05) is 20.7 Å². The molecule has 0 radical (unpaired) electrons. The molecule has 0 spiro atoms. The minimum atomic E-state index is 0.509. The lowest BCUT2D eigenvalue weighted by Crippen LogP contribution is -2.23. The SMILES string of the molecule is C=CN=C(OC)C(=C)N(C)CC. The fourth-order valence-electron chi connectivity index (χ4n) is 0.682. The van der Waals surface area contributed by atoms with Crippen LogP contribution in [-0.2, 0) is 4.74 Å². The summed E-state index contributed by atoms with van der Waals surface area (Å²) in [6, 6.07) is 0. The van der Waals surface area contributed by atoms with Gasteiger partial charge in [0.1, 0.15) is 0 Å². The van der Waals surface area contributed by atoms with E-state index < -0.39 is 0 Å². The summed E-state index contributed by atoms with van der Waals surface area (Å²) >= 11 is 0. The third-order valence-corrected chi connectivity index (χ3v) is 1.58. The van der Waals surface area contributed by atoms with Gasteiger partial charge in [-0.2, -0.15) is 0 Å². The molecule has 0 amide bonds. The van der Waals surface area contributed by atoms with Crippen LogP contribution in [0.2, 0.25) is 0 Å². The Balaban J connectivity index is 4.42. The second-order valence-electron chi connectivity index (χ2n) is 2.28. The zero-order chi connectivity index (χ0) is 9.56. The maximum Gasteiger partial charge on any atom is 0.236 e. The molecule has 0 atom stereocenters. The number of ether oxygens (including phenoxy) is 1. The first-order valence-electron chi connectivity index (χ1n) is 3.80. The molecule has 0 rings (SSSR count). The monoisotopic (exact) mass is 168 g/mol. The summed E-state index contributed by atoms with van der Waals surface area (Å²) in [7, 11) is 3.50. The summed E-state index contributed by atoms with van der Waals surface area (Å²) in [4.78, 5) is 5.88. The molecule has 0 saturated heterocycles. The standard InChI is InChI=1S/C9H16N2O/c1-6-10-9(12-5)8(3)11(4)7-2/h6H,1,3,7H2,2,4-5H3. The van der Waals surface area contributed by atoms with Gasteiger partial charge in [-0.25, -0.2) is 4.99 Å². The molecule has 0 N–H and O–H groups in total. The average Bonchev–Trinajstić information content (AvgIpc) is 2.11. The molecule has 68 valence electrons. The van der Waals surface area contributed by atoms with E-state index in [1.54, 1.807) is 7.11 Å². The Labute approximate surface area is 74.0 Å². The second-order valence-corrected chi connectivity index (χ2v) is 2.28. The van der Waals surface area contributed by atoms with Crippen molar-refractivity contribution >= 4 is 5.90 Å². The van der Waals surface area contributed by atoms with Gasteiger partial charge < -0.3 is 9.64 Å². The lowest BCUT2D eigenvalue weighted by atomic mass is 10.4. The first-order valence-corrected chi connectivity index (χ1v) is 3.80. The Bertz CT molecular complexity index is 197. The van der Waals surface area contributed by atoms with Crippen molar-refractivity contribution < 1.29 is 4.74 Å². The van der Waals surface area contributed by atoms with Crippen LogP contribution in [0.25, 0.3) is 0 Å². The van der Waals surface area contributed by atoms with Crippen LogP contribution >= 0.6 is 0 Å². The Hall–Kier alpha value is -1.25. The van der Waals surface area contributed by atoms with Crippen LogP contribution in [0.1, 0.15) is 6.92 Å². The van der Waals surface area contributed by atoms with Gasteiger partial charge in [0.05, 0.1) is 12.8 Å². The van der Waals surface area contributed by atoms with E-state index in [0.717, 1.165) is 12.2 Å². The highest BCUT2D eigenvalue weighted by Gasteiger charge is 2.06. The van der Waals surface area contributed by atoms with E-state index in [1.807, 2.05) is 18.9 Å². The van der Waals surface area contributed by atoms with Gasteiger partial charge in [-0.05, 0) is 6.92 Å². The highest BCUT2D eigenvalue weighted by molar-refractivity contribution is 5.92. The zero-order valence-corrected chi connectivity index (χ0v) is 8.00. The number of hydrogen-bond donors (Lipinski definition) is 0. The van der Waals surface area contributed by atoms with Crippen molar-refractivity contribution in [2.45, 2.75) is 6.92 Å². The summed E-state index contributed by atoms with van der Waals surface area (Å²) in [6.07, 6.45) is 1.44. The van der Waals surface area contributed by atoms with Crippen LogP contribution in [0.5, 0.6) is 0 Å². The van der Waals surface area contributed by atoms with Crippen LogP contribution in [0.15, 0.2) is 30.0 Å². The largest absolute Gasteiger partial charge is 0.480 e. The molecule has 0 aliphatic carbocycles. The molecule has 0 aromatic carbocycles. The van der Waals surface area contributed by atoms with Crippen LogP contribution in [0, 0.1) is 0 Å². The average molecular weight is 168 g/mol. The van der Waals surface area contributed by atoms with E-state index in [1.165, 1.54) is 6.20 Å². The van der Waals surface area contributed by atoms with Crippen LogP contribution in [0.3, 0.4) is 0 Å². The van der Waals surface area contributed by atoms with E-state index in [9.17, 15) is 0 Å². The van der Waals surface area contributed by atoms with Gasteiger partial charge in [-0.1, -0.05) is 13.2 Å². The van der Waals surface area contributed by atoms with Crippen LogP contribution < -0.4 is 0 Å². The first kappa shape index (κ1) is 10.8. The van der Waals surface area contributed by atoms with Crippen molar-refractivity contribution in [3.63, 3.8) is 0 Å². The molecule has 0 aliphatic rings. The maximum atomic E-state index is 5.01. The fourth-order valence-corrected chi connectivity index (χ4v) is 0.682. The van der Waals surface area contributed by atoms with Gasteiger partial charge in [0.2, 0.25) is 5.90 Å². The minimum Gasteiger partial charge on any atom is -0.480 e. The predicted octanol–water partition coefficient (Wildman–Crippen LogP) is 1.64. The highest BCUT2D eigenvalue weighted by Crippen LogP contribution is 2.01. The van der Waals surface area contributed by atoms with E-state index in [4.69, 9.17) is 4.74 Å². The molecule has 3 heteroatoms. The number of hydrogen-bond acceptors (Lipinski definition) is 3. The van der Waals surface area contributed by atoms with Gasteiger partial charge in [-0.3, -0.25) is 0 Å². The van der Waals surface area contributed by atoms with Crippen molar-refractivity contribution in [2.24, 2.45) is 4.99 Å². The van der Waals surface area contributed by atoms with Gasteiger partial charge in [-0.15, -0.1) is 0 Å². The van der Waals surface area contributed by atoms with Crippen molar-refractivity contribution in [1.29, 1.82) is 0 Å². The summed E-state index contributed by atoms with van der Waals surface area (Å²) in [5.41, 5.74) is 0.764. The van der Waals surface area contributed by atoms with Gasteiger partial charge in [0, 0.05) is 19.8 Å². The molecule has 0 saturated carbocycles. The van der Waals surface area contributed by atoms with E-state index in [0.29, 0.717) is 5.90 Å². The number of methoxy groups -OCH3 is 1. The predicted molar refractivity (Wildman–Crippen MR) is 52.1 cm³/mol. The molecule has 0 bridgehead atoms. The smallest absolute Gasteiger partial charge is 0.236 e. The molecular formula is C9H16N2O. The Morgan fingerprint density at radius 1 is 1.67 bits per heavy atom. The normalized spacial score (nSPS) is 10.8. The quantitative estimate of drug-likeness (QED) is 0.471. The number of rotatable bonds is 4. The molecule has 0 fully saturated rings. The Kier molecular flexibility index (Phi) is 4.84. The fraction of sp³-hybridized carbons (Fsp3) is 0.444. The Morgan fingerprint density at radius 2 is 2.25 bits per heavy atom. The molecule has 0 aromatic rings. The van der Waals surface area contributed by atoms with Crippen molar-refractivity contribution in [1.82, 2.24) is 4.90 Å². The molecule has 0 unspecified atom stereocenters. The molecule has 3 nitrogen and oxygen atoms in total. The summed E-state index contributed by atoms with van der Waals surface area (Å²) < 4.78 is 5.01. The number of likely N-dealkylation sites (N-methyl/N-ethyl adjacent to an activating group) is 1. The van der Waals surface area contributed by atoms with E-state index >= 15 is 0 Å². The molecule has 0 heterocycles. The number of nitrogens with zero attached hydrogens (tertiary/aromatic N) is 2. The van der Waals surface area contributed by atoms with Crippen LogP contribution in [0.4, 0.5) is 0 Å². The topological polar surface area (TPSA) is 24.8 Å². The van der Waals surface area contributed by atoms with Gasteiger partial charge >= 0.3 is 0 Å². The summed E-state index contributed by atoms with van der Waals surface area (Å²) in [5.74, 6) is 0.509. The summed E-state index contributed by atoms with van der Waals surface area (Å²) in [6.45, 7) is 10.2. The first-order chi connectivity index (χ1) is 5.67. The zero-order valence-electron chi connectivity index (χ0n) is 8.00. The Morgan fingerprint density at radius 3 is 2.58 bits per heavy atom. The molecule has 0 aromatic heterocycles. The van der Waals surface area contributed by atoms with E-state index in [2.05, 4.69) is 18.2 Å². The van der Waals surface area contributed by atoms with Gasteiger partial charge in [0.25, 0.3) is 0 Å². The lowest BCUT2D eigenvalue weighted by Gasteiger charge is -2.19. The van der Waals surface area contributed by atoms with Crippen LogP contribution in [-0.4, -0.2) is 31.5 Å². The molecular weight excluding hydrogens is 152 g/mol. The third kappa shape index (κ3) is 2.78. The number of aliphatic imine (C=N–C) groups is 1. The van der Waals surface area contributed by atoms with Crippen molar-refractivity contribution in [3.8, 4) is 0 Å². The van der Waals surface area contributed by atoms with Crippen molar-refractivity contribution in [3.05, 3.63) is 25.1 Å². The van der Waals surface area contributed by atoms with E-state index in [-0.39, 0.29) is 0 Å². The third-order valence-electron chi connectivity index (χ3n) is 1.58. The highest BCUT2D eigenvalue weighted by atomic mass is 16.5. The lowest BCUT2D eigenvalue weighted by molar-refractivity contribution is 0.373. The summed E-state index contributed by atoms with van der Waals surface area (Å²) in [5, 5.41) is 0. The molecule has 12 heavy (non-hydrogen) atoms.